The number of aryl methyl sites for hydroxylation is 1. The third-order valence-corrected chi connectivity index (χ3v) is 5.84. The van der Waals surface area contributed by atoms with E-state index >= 15 is 0 Å². The molecule has 0 bridgehead atoms. The Kier molecular flexibility index (Phi) is 6.36. The quantitative estimate of drug-likeness (QED) is 0.777. The van der Waals surface area contributed by atoms with Crippen molar-refractivity contribution in [3.63, 3.8) is 0 Å². The summed E-state index contributed by atoms with van der Waals surface area (Å²) in [6, 6.07) is 1.79. The van der Waals surface area contributed by atoms with E-state index in [1.807, 2.05) is 11.8 Å². The van der Waals surface area contributed by atoms with Crippen LogP contribution in [0.15, 0.2) is 12.3 Å². The summed E-state index contributed by atoms with van der Waals surface area (Å²) < 4.78 is 29.0. The molecule has 1 aromatic heterocycles. The molecule has 24 heavy (non-hydrogen) atoms. The van der Waals surface area contributed by atoms with Gasteiger partial charge in [-0.05, 0) is 38.7 Å². The molecule has 1 N–H and O–H groups in total. The fraction of sp³-hybridized carbons (Fsp3) is 0.733. The molecular formula is C15H27N5O3S. The highest BCUT2D eigenvalue weighted by Gasteiger charge is 2.28. The Morgan fingerprint density at radius 1 is 1.42 bits per heavy atom. The number of nitrogens with one attached hydrogen (secondary N) is 1. The number of rotatable bonds is 7. The highest BCUT2D eigenvalue weighted by Crippen LogP contribution is 2.21. The zero-order valence-electron chi connectivity index (χ0n) is 14.6. The third-order valence-electron chi connectivity index (χ3n) is 4.31. The second-order valence-electron chi connectivity index (χ2n) is 6.18. The van der Waals surface area contributed by atoms with Gasteiger partial charge in [0.05, 0.1) is 0 Å². The molecule has 2 heterocycles. The van der Waals surface area contributed by atoms with Gasteiger partial charge in [0.15, 0.2) is 0 Å². The first-order valence-electron chi connectivity index (χ1n) is 8.36. The molecular weight excluding hydrogens is 330 g/mol. The molecule has 8 nitrogen and oxygen atoms in total. The molecule has 0 spiro atoms. The first-order chi connectivity index (χ1) is 11.3. The van der Waals surface area contributed by atoms with Crippen LogP contribution in [0.5, 0.6) is 0 Å². The fourth-order valence-electron chi connectivity index (χ4n) is 2.85. The number of carbonyl (C=O) groups is 1. The zero-order chi connectivity index (χ0) is 17.7. The van der Waals surface area contributed by atoms with Crippen LogP contribution >= 0.6 is 0 Å². The Balaban J connectivity index is 1.98. The molecule has 0 aromatic carbocycles. The van der Waals surface area contributed by atoms with Gasteiger partial charge >= 0.3 is 0 Å². The van der Waals surface area contributed by atoms with Gasteiger partial charge in [0, 0.05) is 46.0 Å². The molecule has 0 unspecified atom stereocenters. The van der Waals surface area contributed by atoms with Crippen molar-refractivity contribution in [3.8, 4) is 0 Å². The predicted molar refractivity (Wildman–Crippen MR) is 91.8 cm³/mol. The maximum atomic E-state index is 12.7. The van der Waals surface area contributed by atoms with Gasteiger partial charge in [-0.3, -0.25) is 9.48 Å². The summed E-state index contributed by atoms with van der Waals surface area (Å²) in [6.07, 6.45) is 5.33. The van der Waals surface area contributed by atoms with Crippen LogP contribution in [0.3, 0.4) is 0 Å². The minimum absolute atomic E-state index is 0.0443. The smallest absolute Gasteiger partial charge is 0.278 e. The van der Waals surface area contributed by atoms with E-state index in [2.05, 4.69) is 9.82 Å². The SMILES string of the molecule is CCn1ccc(C(=O)N2CCCC[C@@H]2CCNS(=O)(=O)N(C)C)n1. The van der Waals surface area contributed by atoms with E-state index in [1.54, 1.807) is 16.9 Å². The Hall–Kier alpha value is -1.45. The van der Waals surface area contributed by atoms with Gasteiger partial charge in [0.25, 0.3) is 16.1 Å². The van der Waals surface area contributed by atoms with Crippen molar-refractivity contribution < 1.29 is 13.2 Å². The molecule has 1 aliphatic heterocycles. The number of nitrogens with zero attached hydrogens (tertiary/aromatic N) is 4. The lowest BCUT2D eigenvalue weighted by Gasteiger charge is -2.35. The second-order valence-corrected chi connectivity index (χ2v) is 8.14. The minimum atomic E-state index is -3.42. The molecule has 1 atom stereocenters. The highest BCUT2D eigenvalue weighted by molar-refractivity contribution is 7.87. The number of hydrogen-bond acceptors (Lipinski definition) is 4. The van der Waals surface area contributed by atoms with Crippen LogP contribution in [0.4, 0.5) is 0 Å². The van der Waals surface area contributed by atoms with E-state index < -0.39 is 10.2 Å². The van der Waals surface area contributed by atoms with Crippen molar-refractivity contribution in [1.29, 1.82) is 0 Å². The van der Waals surface area contributed by atoms with Gasteiger partial charge in [-0.2, -0.15) is 17.8 Å². The third kappa shape index (κ3) is 4.55. The Morgan fingerprint density at radius 2 is 2.17 bits per heavy atom. The summed E-state index contributed by atoms with van der Waals surface area (Å²) in [6.45, 7) is 3.71. The average molecular weight is 357 g/mol. The maximum absolute atomic E-state index is 12.7. The number of likely N-dealkylation sites (tertiary alicyclic amines) is 1. The normalized spacial score (nSPS) is 19.0. The molecule has 1 fully saturated rings. The minimum Gasteiger partial charge on any atom is -0.334 e. The van der Waals surface area contributed by atoms with Gasteiger partial charge in [-0.15, -0.1) is 0 Å². The number of piperidine rings is 1. The summed E-state index contributed by atoms with van der Waals surface area (Å²) in [7, 11) is -0.447. The summed E-state index contributed by atoms with van der Waals surface area (Å²) in [5, 5.41) is 4.29. The average Bonchev–Trinajstić information content (AvgIpc) is 3.03. The lowest BCUT2D eigenvalue weighted by molar-refractivity contribution is 0.0597. The second kappa shape index (κ2) is 8.09. The maximum Gasteiger partial charge on any atom is 0.278 e. The summed E-state index contributed by atoms with van der Waals surface area (Å²) in [4.78, 5) is 14.6. The van der Waals surface area contributed by atoms with Crippen LogP contribution < -0.4 is 4.72 Å². The van der Waals surface area contributed by atoms with E-state index in [0.717, 1.165) is 30.1 Å². The number of carbonyl (C=O) groups excluding carboxylic acids is 1. The molecule has 136 valence electrons. The van der Waals surface area contributed by atoms with Crippen molar-refractivity contribution in [1.82, 2.24) is 23.7 Å². The molecule has 2 rings (SSSR count). The van der Waals surface area contributed by atoms with Crippen molar-refractivity contribution in [3.05, 3.63) is 18.0 Å². The Morgan fingerprint density at radius 3 is 2.79 bits per heavy atom. The van der Waals surface area contributed by atoms with Crippen LogP contribution in [0.25, 0.3) is 0 Å². The summed E-state index contributed by atoms with van der Waals surface area (Å²) in [5.41, 5.74) is 0.456. The number of amides is 1. The number of hydrogen-bond donors (Lipinski definition) is 1. The topological polar surface area (TPSA) is 87.5 Å². The molecule has 1 aromatic rings. The Labute approximate surface area is 144 Å². The van der Waals surface area contributed by atoms with Gasteiger partial charge in [-0.25, -0.2) is 4.72 Å². The lowest BCUT2D eigenvalue weighted by Crippen LogP contribution is -2.46. The highest BCUT2D eigenvalue weighted by atomic mass is 32.2. The van der Waals surface area contributed by atoms with Crippen molar-refractivity contribution in [2.45, 2.75) is 45.2 Å². The van der Waals surface area contributed by atoms with Crippen LogP contribution in [0, 0.1) is 0 Å². The molecule has 0 aliphatic carbocycles. The lowest BCUT2D eigenvalue weighted by atomic mass is 9.99. The zero-order valence-corrected chi connectivity index (χ0v) is 15.4. The Bertz CT molecular complexity index is 656. The first kappa shape index (κ1) is 18.9. The van der Waals surface area contributed by atoms with E-state index in [4.69, 9.17) is 0 Å². The largest absolute Gasteiger partial charge is 0.334 e. The van der Waals surface area contributed by atoms with Gasteiger partial charge in [-0.1, -0.05) is 0 Å². The van der Waals surface area contributed by atoms with Crippen LogP contribution in [-0.4, -0.2) is 66.5 Å². The summed E-state index contributed by atoms with van der Waals surface area (Å²) in [5.74, 6) is -0.0673. The standard InChI is InChI=1S/C15H27N5O3S/c1-4-19-12-9-14(17-19)15(21)20-11-6-5-7-13(20)8-10-16-24(22,23)18(2)3/h9,12-13,16H,4-8,10-11H2,1-3H3/t13-/m1/s1. The monoisotopic (exact) mass is 357 g/mol. The fourth-order valence-corrected chi connectivity index (χ4v) is 3.48. The van der Waals surface area contributed by atoms with Crippen LogP contribution in [0.1, 0.15) is 43.1 Å². The van der Waals surface area contributed by atoms with E-state index in [1.165, 1.54) is 14.1 Å². The van der Waals surface area contributed by atoms with Crippen molar-refractivity contribution in [2.24, 2.45) is 0 Å². The van der Waals surface area contributed by atoms with Gasteiger partial charge in [0.1, 0.15) is 5.69 Å². The van der Waals surface area contributed by atoms with E-state index in [-0.39, 0.29) is 11.9 Å². The number of aromatic nitrogens is 2. The molecule has 1 amide bonds. The summed E-state index contributed by atoms with van der Waals surface area (Å²) >= 11 is 0. The van der Waals surface area contributed by atoms with Gasteiger partial charge < -0.3 is 4.90 Å². The molecule has 9 heteroatoms. The van der Waals surface area contributed by atoms with Crippen molar-refractivity contribution in [2.75, 3.05) is 27.2 Å². The molecule has 1 saturated heterocycles. The van der Waals surface area contributed by atoms with Crippen LogP contribution in [-0.2, 0) is 16.8 Å². The molecule has 1 aliphatic rings. The predicted octanol–water partition coefficient (Wildman–Crippen LogP) is 0.684. The molecule has 0 saturated carbocycles. The van der Waals surface area contributed by atoms with E-state index in [9.17, 15) is 13.2 Å². The van der Waals surface area contributed by atoms with Crippen LogP contribution in [0.2, 0.25) is 0 Å². The van der Waals surface area contributed by atoms with Crippen molar-refractivity contribution >= 4 is 16.1 Å². The van der Waals surface area contributed by atoms with E-state index in [0.29, 0.717) is 25.2 Å². The first-order valence-corrected chi connectivity index (χ1v) is 9.80. The molecule has 0 radical (unpaired) electrons. The van der Waals surface area contributed by atoms with Gasteiger partial charge in [0.2, 0.25) is 0 Å².